The fraction of sp³-hybridized carbons (Fsp3) is 0.148. The van der Waals surface area contributed by atoms with Crippen molar-refractivity contribution in [2.24, 2.45) is 0 Å². The topological polar surface area (TPSA) is 46.2 Å². The van der Waals surface area contributed by atoms with E-state index >= 15 is 0 Å². The van der Waals surface area contributed by atoms with Crippen molar-refractivity contribution in [2.75, 3.05) is 6.26 Å². The van der Waals surface area contributed by atoms with Crippen molar-refractivity contribution < 1.29 is 13.4 Å². The zero-order valence-electron chi connectivity index (χ0n) is 18.0. The van der Waals surface area contributed by atoms with Crippen LogP contribution < -0.4 is 5.32 Å². The van der Waals surface area contributed by atoms with Gasteiger partial charge >= 0.3 is 0 Å². The van der Waals surface area contributed by atoms with Crippen LogP contribution in [0.1, 0.15) is 35.6 Å². The fourth-order valence-electron chi connectivity index (χ4n) is 3.92. The molecule has 32 heavy (non-hydrogen) atoms. The van der Waals surface area contributed by atoms with Crippen LogP contribution in [0, 0.1) is 5.82 Å². The minimum atomic E-state index is -1.03. The Morgan fingerprint density at radius 2 is 1.72 bits per heavy atom. The van der Waals surface area contributed by atoms with Crippen molar-refractivity contribution in [3.05, 3.63) is 106 Å². The first-order chi connectivity index (χ1) is 15.4. The summed E-state index contributed by atoms with van der Waals surface area (Å²) in [6.07, 6.45) is 3.86. The van der Waals surface area contributed by atoms with Gasteiger partial charge in [0.2, 0.25) is 5.91 Å². The first kappa shape index (κ1) is 21.9. The monoisotopic (exact) mass is 445 g/mol. The summed E-state index contributed by atoms with van der Waals surface area (Å²) in [5.41, 5.74) is 6.43. The highest BCUT2D eigenvalue weighted by molar-refractivity contribution is 7.84. The smallest absolute Gasteiger partial charge is 0.224 e. The molecule has 0 radical (unpaired) electrons. The molecular weight excluding hydrogens is 421 g/mol. The van der Waals surface area contributed by atoms with Gasteiger partial charge in [-0.05, 0) is 76.2 Å². The van der Waals surface area contributed by atoms with E-state index in [0.717, 1.165) is 43.9 Å². The molecule has 0 saturated heterocycles. The molecule has 0 saturated carbocycles. The van der Waals surface area contributed by atoms with Gasteiger partial charge < -0.3 is 5.32 Å². The molecular formula is C27H24FNO2S. The highest BCUT2D eigenvalue weighted by Crippen LogP contribution is 2.43. The molecule has 3 aromatic rings. The molecule has 0 spiro atoms. The lowest BCUT2D eigenvalue weighted by Gasteiger charge is -2.08. The van der Waals surface area contributed by atoms with Crippen LogP contribution >= 0.6 is 0 Å². The van der Waals surface area contributed by atoms with E-state index in [9.17, 15) is 13.4 Å². The third kappa shape index (κ3) is 4.78. The van der Waals surface area contributed by atoms with Gasteiger partial charge in [-0.2, -0.15) is 0 Å². The van der Waals surface area contributed by atoms with Gasteiger partial charge in [-0.3, -0.25) is 9.00 Å². The lowest BCUT2D eigenvalue weighted by Crippen LogP contribution is -2.22. The Labute approximate surface area is 190 Å². The average molecular weight is 446 g/mol. The number of halogens is 1. The van der Waals surface area contributed by atoms with Gasteiger partial charge in [0.1, 0.15) is 5.82 Å². The standard InChI is InChI=1S/C27H24FNO2S/c1-18-24(14-19-8-11-22(12-9-19)32(2)31)23-13-10-21(28)15-26(23)25(18)16-27(30)29-17-20-6-4-3-5-7-20/h3-15H,16-17H2,1-2H3,(H,29,30)/b24-14+/t32-/m1/s1. The Hall–Kier alpha value is -3.31. The largest absolute Gasteiger partial charge is 0.352 e. The van der Waals surface area contributed by atoms with Gasteiger partial charge in [-0.15, -0.1) is 0 Å². The summed E-state index contributed by atoms with van der Waals surface area (Å²) in [4.78, 5) is 13.5. The molecule has 1 N–H and O–H groups in total. The van der Waals surface area contributed by atoms with Crippen LogP contribution in [0.15, 0.2) is 83.3 Å². The molecule has 3 aromatic carbocycles. The molecule has 1 atom stereocenters. The molecule has 1 amide bonds. The maximum Gasteiger partial charge on any atom is 0.224 e. The first-order valence-electron chi connectivity index (χ1n) is 10.4. The number of nitrogens with one attached hydrogen (secondary N) is 1. The van der Waals surface area contributed by atoms with Gasteiger partial charge in [0.25, 0.3) is 0 Å². The first-order valence-corrected chi connectivity index (χ1v) is 11.9. The molecule has 1 aliphatic carbocycles. The van der Waals surface area contributed by atoms with Crippen LogP contribution in [-0.4, -0.2) is 16.4 Å². The second-order valence-electron chi connectivity index (χ2n) is 7.81. The van der Waals surface area contributed by atoms with Crippen molar-refractivity contribution in [2.45, 2.75) is 24.8 Å². The van der Waals surface area contributed by atoms with E-state index < -0.39 is 10.8 Å². The number of carbonyl (C=O) groups is 1. The van der Waals surface area contributed by atoms with Crippen LogP contribution in [0.25, 0.3) is 17.2 Å². The fourth-order valence-corrected chi connectivity index (χ4v) is 4.44. The van der Waals surface area contributed by atoms with Crippen molar-refractivity contribution >= 4 is 33.9 Å². The molecule has 0 aliphatic heterocycles. The number of rotatable bonds is 6. The van der Waals surface area contributed by atoms with Gasteiger partial charge in [-0.1, -0.05) is 48.5 Å². The van der Waals surface area contributed by atoms with E-state index in [1.165, 1.54) is 12.1 Å². The summed E-state index contributed by atoms with van der Waals surface area (Å²) < 4.78 is 25.7. The number of hydrogen-bond donors (Lipinski definition) is 1. The molecule has 1 aliphatic rings. The third-order valence-electron chi connectivity index (χ3n) is 5.65. The van der Waals surface area contributed by atoms with E-state index in [4.69, 9.17) is 0 Å². The molecule has 162 valence electrons. The Kier molecular flexibility index (Phi) is 6.47. The number of benzene rings is 3. The number of fused-ring (bicyclic) bond motifs is 1. The Morgan fingerprint density at radius 3 is 2.41 bits per heavy atom. The summed E-state index contributed by atoms with van der Waals surface area (Å²) >= 11 is 0. The molecule has 0 fully saturated rings. The summed E-state index contributed by atoms with van der Waals surface area (Å²) in [7, 11) is -1.03. The van der Waals surface area contributed by atoms with Crippen molar-refractivity contribution in [1.29, 1.82) is 0 Å². The van der Waals surface area contributed by atoms with E-state index in [1.54, 1.807) is 12.3 Å². The molecule has 0 aromatic heterocycles. The van der Waals surface area contributed by atoms with E-state index in [2.05, 4.69) is 5.32 Å². The van der Waals surface area contributed by atoms with Crippen LogP contribution in [0.4, 0.5) is 4.39 Å². The van der Waals surface area contributed by atoms with Crippen LogP contribution in [-0.2, 0) is 22.1 Å². The van der Waals surface area contributed by atoms with Gasteiger partial charge in [0.05, 0.1) is 6.42 Å². The summed E-state index contributed by atoms with van der Waals surface area (Å²) in [5, 5.41) is 2.96. The zero-order valence-corrected chi connectivity index (χ0v) is 18.8. The highest BCUT2D eigenvalue weighted by atomic mass is 32.2. The lowest BCUT2D eigenvalue weighted by molar-refractivity contribution is -0.120. The SMILES string of the molecule is CC1=C(CC(=O)NCc2ccccc2)c2cc(F)ccc2/C1=C/c1ccc([S@@](C)=O)cc1. The minimum Gasteiger partial charge on any atom is -0.352 e. The summed E-state index contributed by atoms with van der Waals surface area (Å²) in [6, 6.07) is 22.0. The minimum absolute atomic E-state index is 0.102. The Morgan fingerprint density at radius 1 is 1.00 bits per heavy atom. The molecule has 0 heterocycles. The molecule has 5 heteroatoms. The van der Waals surface area contributed by atoms with Crippen LogP contribution in [0.2, 0.25) is 0 Å². The number of amides is 1. The highest BCUT2D eigenvalue weighted by Gasteiger charge is 2.25. The maximum atomic E-state index is 14.1. The molecule has 3 nitrogen and oxygen atoms in total. The molecule has 0 unspecified atom stereocenters. The van der Waals surface area contributed by atoms with Crippen molar-refractivity contribution in [1.82, 2.24) is 5.32 Å². The van der Waals surface area contributed by atoms with Gasteiger partial charge in [0, 0.05) is 28.5 Å². The summed E-state index contributed by atoms with van der Waals surface area (Å²) in [6.45, 7) is 2.43. The molecule has 4 rings (SSSR count). The van der Waals surface area contributed by atoms with Gasteiger partial charge in [-0.25, -0.2) is 4.39 Å². The lowest BCUT2D eigenvalue weighted by atomic mass is 10.0. The maximum absolute atomic E-state index is 14.1. The third-order valence-corrected chi connectivity index (χ3v) is 6.58. The second-order valence-corrected chi connectivity index (χ2v) is 9.19. The average Bonchev–Trinajstić information content (AvgIpc) is 3.04. The predicted octanol–water partition coefficient (Wildman–Crippen LogP) is 5.60. The predicted molar refractivity (Wildman–Crippen MR) is 129 cm³/mol. The van der Waals surface area contributed by atoms with Crippen LogP contribution in [0.5, 0.6) is 0 Å². The normalized spacial score (nSPS) is 15.0. The van der Waals surface area contributed by atoms with Crippen molar-refractivity contribution in [3.63, 3.8) is 0 Å². The number of allylic oxidation sites excluding steroid dienone is 2. The molecule has 0 bridgehead atoms. The Bertz CT molecular complexity index is 1240. The van der Waals surface area contributed by atoms with Crippen molar-refractivity contribution in [3.8, 4) is 0 Å². The zero-order chi connectivity index (χ0) is 22.7. The van der Waals surface area contributed by atoms with E-state index in [1.807, 2.05) is 67.6 Å². The summed E-state index contributed by atoms with van der Waals surface area (Å²) in [5.74, 6) is -0.427. The second kappa shape index (κ2) is 9.45. The van der Waals surface area contributed by atoms with Gasteiger partial charge in [0.15, 0.2) is 0 Å². The number of hydrogen-bond acceptors (Lipinski definition) is 2. The quantitative estimate of drug-likeness (QED) is 0.537. The Balaban J connectivity index is 1.62. The van der Waals surface area contributed by atoms with Crippen LogP contribution in [0.3, 0.4) is 0 Å². The van der Waals surface area contributed by atoms with E-state index in [-0.39, 0.29) is 18.1 Å². The van der Waals surface area contributed by atoms with E-state index in [0.29, 0.717) is 6.54 Å². The number of carbonyl (C=O) groups excluding carboxylic acids is 1.